The van der Waals surface area contributed by atoms with Gasteiger partial charge < -0.3 is 14.2 Å². The standard InChI is InChI=1S/C26H20BrClN2O4S/c1-32-22-14-16(15-23-25(31)30-21-6-3-2-5-20(21)29-26(30)35-23)13-19(27)24(22)34-12-4-11-33-18-9-7-17(28)8-10-18/h2-3,5-10,13-15H,4,11-12H2,1H3/b23-15-. The summed E-state index contributed by atoms with van der Waals surface area (Å²) in [6.07, 6.45) is 2.53. The zero-order valence-corrected chi connectivity index (χ0v) is 21.8. The van der Waals surface area contributed by atoms with Crippen LogP contribution >= 0.6 is 38.9 Å². The molecule has 6 nitrogen and oxygen atoms in total. The second-order valence-corrected chi connectivity index (χ2v) is 9.97. The fourth-order valence-corrected chi connectivity index (χ4v) is 5.37. The smallest absolute Gasteiger partial charge is 0.274 e. The van der Waals surface area contributed by atoms with E-state index >= 15 is 0 Å². The summed E-state index contributed by atoms with van der Waals surface area (Å²) in [5.41, 5.74) is 2.35. The Morgan fingerprint density at radius 2 is 1.86 bits per heavy atom. The Labute approximate surface area is 218 Å². The molecule has 2 aromatic heterocycles. The van der Waals surface area contributed by atoms with Crippen LogP contribution in [0, 0.1) is 0 Å². The number of rotatable bonds is 8. The highest BCUT2D eigenvalue weighted by Gasteiger charge is 2.13. The minimum atomic E-state index is -0.0881. The largest absolute Gasteiger partial charge is 0.493 e. The number of halogens is 2. The summed E-state index contributed by atoms with van der Waals surface area (Å²) in [5.74, 6) is 1.94. The van der Waals surface area contributed by atoms with E-state index in [4.69, 9.17) is 25.8 Å². The molecule has 2 heterocycles. The Hall–Kier alpha value is -3.07. The second kappa shape index (κ2) is 10.3. The Bertz CT molecular complexity index is 1610. The third kappa shape index (κ3) is 5.00. The predicted octanol–water partition coefficient (Wildman–Crippen LogP) is 5.73. The van der Waals surface area contributed by atoms with Crippen LogP contribution in [0.2, 0.25) is 5.02 Å². The highest BCUT2D eigenvalue weighted by molar-refractivity contribution is 9.10. The van der Waals surface area contributed by atoms with Gasteiger partial charge in [-0.1, -0.05) is 35.1 Å². The van der Waals surface area contributed by atoms with Crippen molar-refractivity contribution in [2.75, 3.05) is 20.3 Å². The van der Waals surface area contributed by atoms with Crippen LogP contribution in [0.5, 0.6) is 17.2 Å². The molecule has 35 heavy (non-hydrogen) atoms. The molecular formula is C26H20BrClN2O4S. The SMILES string of the molecule is COc1cc(/C=c2\sc3nc4ccccc4n3c2=O)cc(Br)c1OCCCOc1ccc(Cl)cc1. The van der Waals surface area contributed by atoms with Crippen molar-refractivity contribution in [1.82, 2.24) is 9.38 Å². The first-order valence-electron chi connectivity index (χ1n) is 10.8. The molecule has 5 rings (SSSR count). The molecule has 5 aromatic rings. The number of aromatic nitrogens is 2. The van der Waals surface area contributed by atoms with Gasteiger partial charge in [0.25, 0.3) is 5.56 Å². The van der Waals surface area contributed by atoms with E-state index in [0.29, 0.717) is 45.6 Å². The molecule has 0 saturated heterocycles. The normalized spacial score (nSPS) is 11.9. The Kier molecular flexibility index (Phi) is 6.95. The lowest BCUT2D eigenvalue weighted by Gasteiger charge is -2.14. The lowest BCUT2D eigenvalue weighted by molar-refractivity contribution is 0.239. The third-order valence-electron chi connectivity index (χ3n) is 5.31. The fourth-order valence-electron chi connectivity index (χ4n) is 3.68. The summed E-state index contributed by atoms with van der Waals surface area (Å²) >= 11 is 10.8. The van der Waals surface area contributed by atoms with Crippen LogP contribution in [-0.2, 0) is 0 Å². The molecule has 178 valence electrons. The lowest BCUT2D eigenvalue weighted by atomic mass is 10.2. The van der Waals surface area contributed by atoms with Gasteiger partial charge in [-0.2, -0.15) is 0 Å². The van der Waals surface area contributed by atoms with Crippen LogP contribution in [0.25, 0.3) is 22.1 Å². The maximum Gasteiger partial charge on any atom is 0.274 e. The van der Waals surface area contributed by atoms with E-state index in [1.54, 1.807) is 23.6 Å². The van der Waals surface area contributed by atoms with E-state index in [-0.39, 0.29) is 5.56 Å². The summed E-state index contributed by atoms with van der Waals surface area (Å²) in [4.78, 5) is 18.3. The zero-order chi connectivity index (χ0) is 24.4. The topological polar surface area (TPSA) is 62.1 Å². The molecule has 0 spiro atoms. The monoisotopic (exact) mass is 570 g/mol. The molecule has 0 bridgehead atoms. The number of thiazole rings is 1. The quantitative estimate of drug-likeness (QED) is 0.223. The van der Waals surface area contributed by atoms with Crippen molar-refractivity contribution < 1.29 is 14.2 Å². The molecule has 0 saturated carbocycles. The molecule has 0 unspecified atom stereocenters. The minimum absolute atomic E-state index is 0.0881. The molecule has 0 radical (unpaired) electrons. The maximum absolute atomic E-state index is 13.1. The number of fused-ring (bicyclic) bond motifs is 3. The van der Waals surface area contributed by atoms with Crippen LogP contribution < -0.4 is 24.3 Å². The number of para-hydroxylation sites is 2. The first-order valence-corrected chi connectivity index (χ1v) is 12.8. The number of imidazole rings is 1. The number of benzene rings is 3. The number of methoxy groups -OCH3 is 1. The molecule has 0 atom stereocenters. The molecular weight excluding hydrogens is 552 g/mol. The van der Waals surface area contributed by atoms with Crippen LogP contribution in [0.15, 0.2) is 69.9 Å². The maximum atomic E-state index is 13.1. The van der Waals surface area contributed by atoms with Crippen molar-refractivity contribution in [2.45, 2.75) is 6.42 Å². The number of ether oxygens (including phenoxy) is 3. The average molecular weight is 572 g/mol. The van der Waals surface area contributed by atoms with Crippen molar-refractivity contribution >= 4 is 60.9 Å². The Morgan fingerprint density at radius 1 is 1.09 bits per heavy atom. The van der Waals surface area contributed by atoms with E-state index in [1.165, 1.54) is 11.3 Å². The van der Waals surface area contributed by atoms with Gasteiger partial charge in [-0.3, -0.25) is 4.79 Å². The highest BCUT2D eigenvalue weighted by atomic mass is 79.9. The summed E-state index contributed by atoms with van der Waals surface area (Å²) in [6.45, 7) is 0.958. The van der Waals surface area contributed by atoms with Crippen molar-refractivity contribution in [2.24, 2.45) is 0 Å². The van der Waals surface area contributed by atoms with Gasteiger partial charge in [-0.25, -0.2) is 9.38 Å². The van der Waals surface area contributed by atoms with Crippen LogP contribution in [0.1, 0.15) is 12.0 Å². The highest BCUT2D eigenvalue weighted by Crippen LogP contribution is 2.37. The molecule has 9 heteroatoms. The number of nitrogens with zero attached hydrogens (tertiary/aromatic N) is 2. The Morgan fingerprint density at radius 3 is 2.66 bits per heavy atom. The van der Waals surface area contributed by atoms with Gasteiger partial charge in [0.05, 0.1) is 40.4 Å². The van der Waals surface area contributed by atoms with Gasteiger partial charge in [0, 0.05) is 11.4 Å². The van der Waals surface area contributed by atoms with Gasteiger partial charge in [0.15, 0.2) is 16.5 Å². The number of hydrogen-bond donors (Lipinski definition) is 0. The van der Waals surface area contributed by atoms with Gasteiger partial charge in [0.2, 0.25) is 0 Å². The summed E-state index contributed by atoms with van der Waals surface area (Å²) < 4.78 is 20.2. The Balaban J connectivity index is 1.32. The van der Waals surface area contributed by atoms with E-state index in [0.717, 1.165) is 26.8 Å². The molecule has 3 aromatic carbocycles. The van der Waals surface area contributed by atoms with Crippen molar-refractivity contribution in [3.05, 3.63) is 90.6 Å². The molecule has 0 amide bonds. The molecule has 0 aliphatic rings. The van der Waals surface area contributed by atoms with Crippen LogP contribution in [-0.4, -0.2) is 29.7 Å². The van der Waals surface area contributed by atoms with Gasteiger partial charge in [-0.15, -0.1) is 0 Å². The first kappa shape index (κ1) is 23.7. The fraction of sp³-hybridized carbons (Fsp3) is 0.154. The van der Waals surface area contributed by atoms with E-state index in [1.807, 2.05) is 54.6 Å². The van der Waals surface area contributed by atoms with Crippen molar-refractivity contribution in [3.63, 3.8) is 0 Å². The van der Waals surface area contributed by atoms with E-state index in [2.05, 4.69) is 20.9 Å². The van der Waals surface area contributed by atoms with E-state index < -0.39 is 0 Å². The van der Waals surface area contributed by atoms with Crippen molar-refractivity contribution in [3.8, 4) is 17.2 Å². The minimum Gasteiger partial charge on any atom is -0.493 e. The van der Waals surface area contributed by atoms with Gasteiger partial charge >= 0.3 is 0 Å². The second-order valence-electron chi connectivity index (χ2n) is 7.67. The zero-order valence-electron chi connectivity index (χ0n) is 18.7. The van der Waals surface area contributed by atoms with E-state index in [9.17, 15) is 4.79 Å². The first-order chi connectivity index (χ1) is 17.0. The summed E-state index contributed by atoms with van der Waals surface area (Å²) in [7, 11) is 1.59. The number of hydrogen-bond acceptors (Lipinski definition) is 6. The summed E-state index contributed by atoms with van der Waals surface area (Å²) in [6, 6.07) is 18.6. The van der Waals surface area contributed by atoms with Gasteiger partial charge in [-0.05, 0) is 76.1 Å². The molecule has 0 N–H and O–H groups in total. The average Bonchev–Trinajstić information content (AvgIpc) is 3.36. The molecule has 0 aliphatic heterocycles. The molecule has 0 fully saturated rings. The van der Waals surface area contributed by atoms with Crippen LogP contribution in [0.4, 0.5) is 0 Å². The lowest BCUT2D eigenvalue weighted by Crippen LogP contribution is -2.22. The van der Waals surface area contributed by atoms with Crippen molar-refractivity contribution in [1.29, 1.82) is 0 Å². The van der Waals surface area contributed by atoms with Gasteiger partial charge in [0.1, 0.15) is 5.75 Å². The van der Waals surface area contributed by atoms with Crippen LogP contribution in [0.3, 0.4) is 0 Å². The third-order valence-corrected chi connectivity index (χ3v) is 7.12. The summed E-state index contributed by atoms with van der Waals surface area (Å²) in [5, 5.41) is 0.673. The molecule has 0 aliphatic carbocycles. The predicted molar refractivity (Wildman–Crippen MR) is 143 cm³/mol.